The standard InChI is InChI=1S/C30H41N3O2Si.C22H24N4O3/c1-9-27(33-17-16-31-29(33)22(3)35-36(7,8)30(4,5)6)26-20-28(34-32-26)25-14-12-23(13-15-25)10-11-24-18-21(2)19-24;1-14(27)22-24-8-9-26(22)20(13-23)19-12-21(29-25-19)17-6-4-15(5-7-17)2-3-16-10-18(28)11-16/h12-17,20-22,24,27H,9,18-19H2,1-8H3;4-9,12,14,16,18,20,27-28H,10-11,13,23H2,1H3/t21?,22-,24?,27+;14-,16?,18?,20+/m00/s1. The van der Waals surface area contributed by atoms with Gasteiger partial charge in [0.1, 0.15) is 35.2 Å². The lowest BCUT2D eigenvalue weighted by Crippen LogP contribution is -2.41. The zero-order valence-electron chi connectivity index (χ0n) is 39.3. The summed E-state index contributed by atoms with van der Waals surface area (Å²) >= 11 is 0. The number of aromatic nitrogens is 6. The minimum Gasteiger partial charge on any atom is -0.407 e. The molecular weight excluding hydrogens is 831 g/mol. The highest BCUT2D eigenvalue weighted by molar-refractivity contribution is 6.74. The van der Waals surface area contributed by atoms with Gasteiger partial charge in [0, 0.05) is 77.6 Å². The molecule has 4 atom stereocenters. The van der Waals surface area contributed by atoms with E-state index < -0.39 is 14.4 Å². The van der Waals surface area contributed by atoms with Gasteiger partial charge in [-0.05, 0) is 119 Å². The molecule has 2 fully saturated rings. The van der Waals surface area contributed by atoms with Gasteiger partial charge in [0.2, 0.25) is 0 Å². The lowest BCUT2D eigenvalue weighted by atomic mass is 9.76. The van der Waals surface area contributed by atoms with E-state index in [1.807, 2.05) is 53.4 Å². The summed E-state index contributed by atoms with van der Waals surface area (Å²) in [6, 6.07) is 19.7. The second kappa shape index (κ2) is 20.3. The third-order valence-electron chi connectivity index (χ3n) is 13.1. The first-order chi connectivity index (χ1) is 31.0. The Kier molecular flexibility index (Phi) is 14.8. The van der Waals surface area contributed by atoms with E-state index in [0.29, 0.717) is 35.7 Å². The van der Waals surface area contributed by atoms with E-state index in [0.717, 1.165) is 64.7 Å². The third kappa shape index (κ3) is 11.3. The zero-order chi connectivity index (χ0) is 46.5. The fourth-order valence-electron chi connectivity index (χ4n) is 8.11. The normalized spacial score (nSPS) is 20.1. The minimum absolute atomic E-state index is 0.0282. The molecule has 2 saturated carbocycles. The van der Waals surface area contributed by atoms with Crippen LogP contribution in [-0.2, 0) is 4.43 Å². The number of nitrogens with zero attached hydrogens (tertiary/aromatic N) is 6. The van der Waals surface area contributed by atoms with Crippen molar-refractivity contribution in [1.82, 2.24) is 29.4 Å². The molecule has 0 radical (unpaired) electrons. The van der Waals surface area contributed by atoms with E-state index in [4.69, 9.17) is 19.2 Å². The summed E-state index contributed by atoms with van der Waals surface area (Å²) in [7, 11) is -1.93. The molecule has 6 aromatic rings. The first-order valence-corrected chi connectivity index (χ1v) is 25.9. The van der Waals surface area contributed by atoms with Crippen LogP contribution in [0, 0.1) is 41.4 Å². The molecule has 2 aromatic carbocycles. The summed E-state index contributed by atoms with van der Waals surface area (Å²) in [5.74, 6) is 17.6. The van der Waals surface area contributed by atoms with Gasteiger partial charge in [0.15, 0.2) is 19.8 Å². The molecule has 4 N–H and O–H groups in total. The Morgan fingerprint density at radius 3 is 1.71 bits per heavy atom. The van der Waals surface area contributed by atoms with Crippen LogP contribution in [0.15, 0.2) is 94.5 Å². The van der Waals surface area contributed by atoms with Crippen molar-refractivity contribution in [3.8, 4) is 46.3 Å². The summed E-state index contributed by atoms with van der Waals surface area (Å²) in [5.41, 5.74) is 11.4. The molecule has 0 amide bonds. The maximum Gasteiger partial charge on any atom is 0.193 e. The molecule has 0 aliphatic heterocycles. The maximum atomic E-state index is 9.91. The van der Waals surface area contributed by atoms with Crippen LogP contribution in [-0.4, -0.2) is 60.6 Å². The van der Waals surface area contributed by atoms with Gasteiger partial charge in [0.05, 0.1) is 18.2 Å². The molecule has 2 aliphatic rings. The smallest absolute Gasteiger partial charge is 0.193 e. The highest BCUT2D eigenvalue weighted by Crippen LogP contribution is 2.40. The Balaban J connectivity index is 0.000000198. The molecule has 0 saturated heterocycles. The van der Waals surface area contributed by atoms with Gasteiger partial charge < -0.3 is 38.6 Å². The Morgan fingerprint density at radius 2 is 1.26 bits per heavy atom. The van der Waals surface area contributed by atoms with Crippen molar-refractivity contribution < 1.29 is 23.7 Å². The van der Waals surface area contributed by atoms with E-state index in [9.17, 15) is 10.2 Å². The van der Waals surface area contributed by atoms with Gasteiger partial charge in [-0.1, -0.05) is 68.6 Å². The Bertz CT molecular complexity index is 2600. The van der Waals surface area contributed by atoms with Gasteiger partial charge in [0.25, 0.3) is 0 Å². The van der Waals surface area contributed by atoms with E-state index >= 15 is 0 Å². The molecule has 0 bridgehead atoms. The topological polar surface area (TPSA) is 163 Å². The van der Waals surface area contributed by atoms with Crippen molar-refractivity contribution in [1.29, 1.82) is 0 Å². The fraction of sp³-hybridized carbons (Fsp3) is 0.462. The van der Waals surface area contributed by atoms with Crippen LogP contribution in [0.4, 0.5) is 0 Å². The second-order valence-corrected chi connectivity index (χ2v) is 24.0. The lowest BCUT2D eigenvalue weighted by molar-refractivity contribution is 0.0665. The number of aliphatic hydroxyl groups excluding tert-OH is 2. The number of aliphatic hydroxyl groups is 2. The first kappa shape index (κ1) is 47.4. The molecule has 4 heterocycles. The Labute approximate surface area is 385 Å². The van der Waals surface area contributed by atoms with Crippen LogP contribution >= 0.6 is 0 Å². The molecular formula is C52H65N7O5Si. The molecule has 342 valence electrons. The average Bonchev–Trinajstić information content (AvgIpc) is 4.10. The summed E-state index contributed by atoms with van der Waals surface area (Å²) in [4.78, 5) is 8.89. The highest BCUT2D eigenvalue weighted by Gasteiger charge is 2.39. The van der Waals surface area contributed by atoms with Gasteiger partial charge in [-0.3, -0.25) is 0 Å². The number of nitrogens with two attached hydrogens (primary N) is 1. The van der Waals surface area contributed by atoms with Crippen molar-refractivity contribution in [3.05, 3.63) is 120 Å². The van der Waals surface area contributed by atoms with Gasteiger partial charge >= 0.3 is 0 Å². The Morgan fingerprint density at radius 1 is 0.785 bits per heavy atom. The third-order valence-corrected chi connectivity index (χ3v) is 17.7. The molecule has 65 heavy (non-hydrogen) atoms. The number of benzene rings is 2. The molecule has 8 rings (SSSR count). The van der Waals surface area contributed by atoms with Crippen molar-refractivity contribution in [2.24, 2.45) is 23.5 Å². The summed E-state index contributed by atoms with van der Waals surface area (Å²) in [6.45, 7) is 19.9. The number of imidazole rings is 2. The zero-order valence-corrected chi connectivity index (χ0v) is 40.3. The predicted molar refractivity (Wildman–Crippen MR) is 256 cm³/mol. The first-order valence-electron chi connectivity index (χ1n) is 23.0. The number of hydrogen-bond acceptors (Lipinski definition) is 10. The molecule has 2 aliphatic carbocycles. The SMILES string of the molecule is CC[C@H](c1cc(-c2ccc(C#CC3CC(C)C3)cc2)on1)n1ccnc1[C@H](C)O[Si](C)(C)C(C)(C)C.C[C@H](O)c1nccn1[C@H](CN)c1cc(-c2ccc(C#CC3CC(O)C3)cc2)on1. The summed E-state index contributed by atoms with van der Waals surface area (Å²) in [5, 5.41) is 28.0. The molecule has 0 unspecified atom stereocenters. The van der Waals surface area contributed by atoms with Gasteiger partial charge in [-0.25, -0.2) is 9.97 Å². The van der Waals surface area contributed by atoms with Crippen molar-refractivity contribution >= 4 is 8.32 Å². The minimum atomic E-state index is -1.93. The van der Waals surface area contributed by atoms with E-state index in [-0.39, 0.29) is 29.3 Å². The Hall–Kier alpha value is -5.54. The van der Waals surface area contributed by atoms with Crippen LogP contribution in [0.1, 0.15) is 139 Å². The maximum absolute atomic E-state index is 9.91. The van der Waals surface area contributed by atoms with Crippen molar-refractivity contribution in [2.75, 3.05) is 6.54 Å². The van der Waals surface area contributed by atoms with Crippen molar-refractivity contribution in [2.45, 2.75) is 129 Å². The van der Waals surface area contributed by atoms with Crippen LogP contribution < -0.4 is 5.73 Å². The average molecular weight is 896 g/mol. The molecule has 13 heteroatoms. The summed E-state index contributed by atoms with van der Waals surface area (Å²) < 4.78 is 22.0. The summed E-state index contributed by atoms with van der Waals surface area (Å²) in [6.07, 6.45) is 11.2. The second-order valence-electron chi connectivity index (χ2n) is 19.3. The van der Waals surface area contributed by atoms with Crippen LogP contribution in [0.25, 0.3) is 22.6 Å². The number of rotatable bonds is 12. The van der Waals surface area contributed by atoms with Crippen LogP contribution in [0.5, 0.6) is 0 Å². The van der Waals surface area contributed by atoms with Gasteiger partial charge in [-0.2, -0.15) is 0 Å². The molecule has 12 nitrogen and oxygen atoms in total. The van der Waals surface area contributed by atoms with Gasteiger partial charge in [-0.15, -0.1) is 0 Å². The lowest BCUT2D eigenvalue weighted by Gasteiger charge is -2.38. The van der Waals surface area contributed by atoms with E-state index in [2.05, 4.69) is 127 Å². The molecule has 0 spiro atoms. The number of hydrogen-bond donors (Lipinski definition) is 3. The van der Waals surface area contributed by atoms with Crippen LogP contribution in [0.3, 0.4) is 0 Å². The van der Waals surface area contributed by atoms with E-state index in [1.165, 1.54) is 12.8 Å². The quantitative estimate of drug-likeness (QED) is 0.0796. The predicted octanol–water partition coefficient (Wildman–Crippen LogP) is 10.3. The van der Waals surface area contributed by atoms with Crippen LogP contribution in [0.2, 0.25) is 18.1 Å². The van der Waals surface area contributed by atoms with Crippen molar-refractivity contribution in [3.63, 3.8) is 0 Å². The largest absolute Gasteiger partial charge is 0.407 e. The molecule has 4 aromatic heterocycles. The fourth-order valence-corrected chi connectivity index (χ4v) is 9.45. The highest BCUT2D eigenvalue weighted by atomic mass is 28.4. The monoisotopic (exact) mass is 895 g/mol. The van der Waals surface area contributed by atoms with E-state index in [1.54, 1.807) is 19.3 Å².